The van der Waals surface area contributed by atoms with E-state index < -0.39 is 5.92 Å². The minimum atomic E-state index is -0.480. The van der Waals surface area contributed by atoms with Crippen molar-refractivity contribution in [2.24, 2.45) is 5.92 Å². The number of likely N-dealkylation sites (tertiary alicyclic amines) is 2. The highest BCUT2D eigenvalue weighted by atomic mass is 35.5. The van der Waals surface area contributed by atoms with Crippen molar-refractivity contribution >= 4 is 46.0 Å². The normalized spacial score (nSPS) is 21.0. The summed E-state index contributed by atoms with van der Waals surface area (Å²) >= 11 is 6.57. The van der Waals surface area contributed by atoms with Crippen molar-refractivity contribution in [3.8, 4) is 0 Å². The standard InChI is InChI=1S/C35H45ClN8O3/c36-30-21-24(20-27-23-38-40-33(27)30)19-26(34(46)43-14-6-28(7-15-43)41-17-10-37-11-18-41)22-32(45)42-12-8-29(9-13-42)44-16-5-25-3-1-2-4-31(25)39-35(44)47/h1-4,20-21,23,26,28-29,37H,5-19,22H2,(H,38,40)(H,39,47). The first-order valence-corrected chi connectivity index (χ1v) is 17.6. The smallest absolute Gasteiger partial charge is 0.322 e. The average molecular weight is 661 g/mol. The van der Waals surface area contributed by atoms with Crippen LogP contribution in [0.1, 0.15) is 43.2 Å². The Kier molecular flexibility index (Phi) is 9.65. The summed E-state index contributed by atoms with van der Waals surface area (Å²) in [6, 6.07) is 12.4. The Balaban J connectivity index is 1.00. The average Bonchev–Trinajstić information content (AvgIpc) is 3.52. The van der Waals surface area contributed by atoms with E-state index >= 15 is 0 Å². The minimum Gasteiger partial charge on any atom is -0.343 e. The number of nitrogens with one attached hydrogen (secondary N) is 3. The molecule has 1 unspecified atom stereocenters. The molecule has 47 heavy (non-hydrogen) atoms. The Bertz CT molecular complexity index is 1590. The fourth-order valence-electron chi connectivity index (χ4n) is 7.98. The SMILES string of the molecule is O=C(CC(Cc1cc(Cl)c2[nH]ncc2c1)C(=O)N1CCC(N2CCNCC2)CC1)N1CCC(N2CCc3ccccc3NC2=O)CC1. The maximum Gasteiger partial charge on any atom is 0.322 e. The summed E-state index contributed by atoms with van der Waals surface area (Å²) in [4.78, 5) is 49.5. The van der Waals surface area contributed by atoms with Crippen LogP contribution in [0.3, 0.4) is 0 Å². The number of hydrogen-bond acceptors (Lipinski definition) is 6. The van der Waals surface area contributed by atoms with E-state index in [0.29, 0.717) is 50.2 Å². The first-order valence-electron chi connectivity index (χ1n) is 17.2. The van der Waals surface area contributed by atoms with Gasteiger partial charge in [-0.25, -0.2) is 4.79 Å². The summed E-state index contributed by atoms with van der Waals surface area (Å²) in [5.41, 5.74) is 3.73. The molecule has 3 aromatic rings. The molecule has 250 valence electrons. The molecule has 5 heterocycles. The van der Waals surface area contributed by atoms with Crippen molar-refractivity contribution in [1.29, 1.82) is 0 Å². The van der Waals surface area contributed by atoms with Gasteiger partial charge in [-0.3, -0.25) is 19.6 Å². The molecular formula is C35H45ClN8O3. The van der Waals surface area contributed by atoms with Crippen molar-refractivity contribution < 1.29 is 14.4 Å². The number of fused-ring (bicyclic) bond motifs is 2. The largest absolute Gasteiger partial charge is 0.343 e. The van der Waals surface area contributed by atoms with Crippen molar-refractivity contribution in [3.63, 3.8) is 0 Å². The molecule has 4 amide bonds. The number of benzene rings is 2. The Labute approximate surface area is 280 Å². The van der Waals surface area contributed by atoms with Crippen LogP contribution in [0, 0.1) is 5.92 Å². The lowest BCUT2D eigenvalue weighted by atomic mass is 9.91. The van der Waals surface area contributed by atoms with E-state index in [1.807, 2.05) is 45.0 Å². The Morgan fingerprint density at radius 3 is 2.43 bits per heavy atom. The van der Waals surface area contributed by atoms with Gasteiger partial charge >= 0.3 is 6.03 Å². The minimum absolute atomic E-state index is 0.000659. The fraction of sp³-hybridized carbons (Fsp3) is 0.543. The number of para-hydroxylation sites is 1. The van der Waals surface area contributed by atoms with E-state index in [1.54, 1.807) is 6.20 Å². The van der Waals surface area contributed by atoms with Crippen LogP contribution in [0.5, 0.6) is 0 Å². The number of piperidine rings is 2. The van der Waals surface area contributed by atoms with E-state index in [1.165, 1.54) is 0 Å². The van der Waals surface area contributed by atoms with Crippen LogP contribution in [-0.4, -0.2) is 119 Å². The van der Waals surface area contributed by atoms with Crippen LogP contribution in [0.2, 0.25) is 5.02 Å². The topological polar surface area (TPSA) is 117 Å². The lowest BCUT2D eigenvalue weighted by Crippen LogP contribution is -2.53. The van der Waals surface area contributed by atoms with Gasteiger partial charge in [-0.15, -0.1) is 0 Å². The van der Waals surface area contributed by atoms with Gasteiger partial charge in [-0.1, -0.05) is 29.8 Å². The number of H-pyrrole nitrogens is 1. The molecule has 0 radical (unpaired) electrons. The van der Waals surface area contributed by atoms with Gasteiger partial charge in [-0.05, 0) is 67.9 Å². The molecule has 4 aliphatic rings. The number of aromatic amines is 1. The monoisotopic (exact) mass is 660 g/mol. The number of nitrogens with zero attached hydrogens (tertiary/aromatic N) is 5. The second-order valence-electron chi connectivity index (χ2n) is 13.5. The first-order chi connectivity index (χ1) is 22.9. The molecule has 3 saturated heterocycles. The third-order valence-corrected chi connectivity index (χ3v) is 11.0. The molecule has 0 saturated carbocycles. The van der Waals surface area contributed by atoms with Crippen molar-refractivity contribution in [2.75, 3.05) is 64.2 Å². The van der Waals surface area contributed by atoms with Crippen LogP contribution < -0.4 is 10.6 Å². The van der Waals surface area contributed by atoms with Gasteiger partial charge in [0.15, 0.2) is 0 Å². The predicted octanol–water partition coefficient (Wildman–Crippen LogP) is 3.74. The van der Waals surface area contributed by atoms with Gasteiger partial charge in [-0.2, -0.15) is 5.10 Å². The summed E-state index contributed by atoms with van der Waals surface area (Å²) in [5, 5.41) is 15.0. The number of amides is 4. The van der Waals surface area contributed by atoms with Gasteiger partial charge in [0, 0.05) is 88.5 Å². The Morgan fingerprint density at radius 1 is 0.915 bits per heavy atom. The molecule has 12 heteroatoms. The molecule has 4 aliphatic heterocycles. The molecule has 3 N–H and O–H groups in total. The number of urea groups is 1. The Morgan fingerprint density at radius 2 is 1.64 bits per heavy atom. The van der Waals surface area contributed by atoms with E-state index in [0.717, 1.165) is 86.0 Å². The van der Waals surface area contributed by atoms with Gasteiger partial charge < -0.3 is 25.3 Å². The molecule has 3 fully saturated rings. The number of carbonyl (C=O) groups excluding carboxylic acids is 3. The maximum absolute atomic E-state index is 14.2. The maximum atomic E-state index is 14.2. The summed E-state index contributed by atoms with van der Waals surface area (Å²) in [5.74, 6) is -0.428. The number of piperazine rings is 1. The Hall–Kier alpha value is -3.67. The summed E-state index contributed by atoms with van der Waals surface area (Å²) < 4.78 is 0. The lowest BCUT2D eigenvalue weighted by molar-refractivity contribution is -0.143. The predicted molar refractivity (Wildman–Crippen MR) is 182 cm³/mol. The van der Waals surface area contributed by atoms with E-state index in [2.05, 4.69) is 31.8 Å². The number of halogens is 1. The first kappa shape index (κ1) is 31.9. The highest BCUT2D eigenvalue weighted by Gasteiger charge is 2.35. The van der Waals surface area contributed by atoms with Crippen molar-refractivity contribution in [2.45, 2.75) is 57.0 Å². The fourth-order valence-corrected chi connectivity index (χ4v) is 8.28. The van der Waals surface area contributed by atoms with E-state index in [9.17, 15) is 14.4 Å². The highest BCUT2D eigenvalue weighted by Crippen LogP contribution is 2.29. The van der Waals surface area contributed by atoms with Gasteiger partial charge in [0.1, 0.15) is 0 Å². The quantitative estimate of drug-likeness (QED) is 0.356. The van der Waals surface area contributed by atoms with E-state index in [-0.39, 0.29) is 30.3 Å². The van der Waals surface area contributed by atoms with Crippen LogP contribution in [0.4, 0.5) is 10.5 Å². The number of rotatable bonds is 7. The third kappa shape index (κ3) is 7.12. The summed E-state index contributed by atoms with van der Waals surface area (Å²) in [7, 11) is 0. The van der Waals surface area contributed by atoms with Crippen LogP contribution in [-0.2, 0) is 22.4 Å². The van der Waals surface area contributed by atoms with Crippen LogP contribution >= 0.6 is 11.6 Å². The van der Waals surface area contributed by atoms with Gasteiger partial charge in [0.25, 0.3) is 0 Å². The van der Waals surface area contributed by atoms with Gasteiger partial charge in [0.2, 0.25) is 11.8 Å². The van der Waals surface area contributed by atoms with Crippen molar-refractivity contribution in [1.82, 2.24) is 35.1 Å². The third-order valence-electron chi connectivity index (χ3n) is 10.7. The number of aromatic nitrogens is 2. The second-order valence-corrected chi connectivity index (χ2v) is 13.9. The number of carbonyl (C=O) groups is 3. The molecule has 0 spiro atoms. The molecule has 7 rings (SSSR count). The van der Waals surface area contributed by atoms with Gasteiger partial charge in [0.05, 0.1) is 22.7 Å². The van der Waals surface area contributed by atoms with Crippen LogP contribution in [0.25, 0.3) is 10.9 Å². The summed E-state index contributed by atoms with van der Waals surface area (Å²) in [6.45, 7) is 7.38. The van der Waals surface area contributed by atoms with E-state index in [4.69, 9.17) is 11.6 Å². The zero-order chi connectivity index (χ0) is 32.3. The zero-order valence-electron chi connectivity index (χ0n) is 26.9. The number of anilines is 1. The molecule has 0 bridgehead atoms. The zero-order valence-corrected chi connectivity index (χ0v) is 27.7. The van der Waals surface area contributed by atoms with Crippen LogP contribution in [0.15, 0.2) is 42.6 Å². The lowest BCUT2D eigenvalue weighted by Gasteiger charge is -2.41. The highest BCUT2D eigenvalue weighted by molar-refractivity contribution is 6.35. The van der Waals surface area contributed by atoms with Crippen molar-refractivity contribution in [3.05, 3.63) is 58.7 Å². The molecule has 1 atom stereocenters. The summed E-state index contributed by atoms with van der Waals surface area (Å²) in [6.07, 6.45) is 6.50. The molecule has 2 aromatic carbocycles. The molecular weight excluding hydrogens is 616 g/mol. The second kappa shape index (κ2) is 14.2. The number of hydrogen-bond donors (Lipinski definition) is 3. The molecule has 1 aromatic heterocycles. The molecule has 0 aliphatic carbocycles. The molecule has 11 nitrogen and oxygen atoms in total.